The maximum absolute atomic E-state index is 5.45. The SMILES string of the molecule is CCNC(=NCc1cc(OC)c(OC)c(OC)c1)NCC(c1ccc(C)cc1)N(C)C. The van der Waals surface area contributed by atoms with E-state index in [0.717, 1.165) is 24.6 Å². The number of nitrogens with zero attached hydrogens (tertiary/aromatic N) is 2. The van der Waals surface area contributed by atoms with Crippen molar-refractivity contribution in [1.29, 1.82) is 0 Å². The first-order valence-corrected chi connectivity index (χ1v) is 10.5. The molecule has 31 heavy (non-hydrogen) atoms. The topological polar surface area (TPSA) is 67.4 Å². The number of aliphatic imine (C=N–C) groups is 1. The summed E-state index contributed by atoms with van der Waals surface area (Å²) in [5.74, 6) is 2.58. The molecule has 0 fully saturated rings. The van der Waals surface area contributed by atoms with Crippen molar-refractivity contribution in [1.82, 2.24) is 15.5 Å². The van der Waals surface area contributed by atoms with Crippen molar-refractivity contribution in [2.75, 3.05) is 48.5 Å². The summed E-state index contributed by atoms with van der Waals surface area (Å²) >= 11 is 0. The Morgan fingerprint density at radius 2 is 1.58 bits per heavy atom. The molecule has 2 aromatic rings. The highest BCUT2D eigenvalue weighted by atomic mass is 16.5. The first kappa shape index (κ1) is 24.3. The predicted molar refractivity (Wildman–Crippen MR) is 127 cm³/mol. The Bertz CT molecular complexity index is 825. The van der Waals surface area contributed by atoms with Crippen LogP contribution in [-0.2, 0) is 6.54 Å². The van der Waals surface area contributed by atoms with Gasteiger partial charge in [-0.15, -0.1) is 0 Å². The average molecular weight is 429 g/mol. The van der Waals surface area contributed by atoms with E-state index in [0.29, 0.717) is 23.8 Å². The molecular formula is C24H36N4O3. The molecule has 0 aliphatic rings. The number of guanidine groups is 1. The van der Waals surface area contributed by atoms with Gasteiger partial charge in [-0.05, 0) is 51.2 Å². The molecule has 2 aromatic carbocycles. The van der Waals surface area contributed by atoms with E-state index in [1.807, 2.05) is 12.1 Å². The fraction of sp³-hybridized carbons (Fsp3) is 0.458. The number of methoxy groups -OCH3 is 3. The molecule has 0 saturated carbocycles. The maximum atomic E-state index is 5.45. The normalized spacial score (nSPS) is 12.5. The standard InChI is InChI=1S/C24H36N4O3/c1-8-25-24(27-16-20(28(3)4)19-11-9-17(2)10-12-19)26-15-18-13-21(29-5)23(31-7)22(14-18)30-6/h9-14,20H,8,15-16H2,1-7H3,(H2,25,26,27). The first-order valence-electron chi connectivity index (χ1n) is 10.5. The van der Waals surface area contributed by atoms with E-state index >= 15 is 0 Å². The van der Waals surface area contributed by atoms with Gasteiger partial charge >= 0.3 is 0 Å². The van der Waals surface area contributed by atoms with Crippen LogP contribution in [0.4, 0.5) is 0 Å². The Morgan fingerprint density at radius 3 is 2.06 bits per heavy atom. The van der Waals surface area contributed by atoms with Gasteiger partial charge in [0, 0.05) is 13.1 Å². The Labute approximate surface area is 186 Å². The Morgan fingerprint density at radius 1 is 0.968 bits per heavy atom. The molecule has 2 rings (SSSR count). The summed E-state index contributed by atoms with van der Waals surface area (Å²) in [7, 11) is 9.00. The number of ether oxygens (including phenoxy) is 3. The molecule has 1 atom stereocenters. The summed E-state index contributed by atoms with van der Waals surface area (Å²) < 4.78 is 16.3. The lowest BCUT2D eigenvalue weighted by molar-refractivity contribution is 0.298. The molecule has 7 nitrogen and oxygen atoms in total. The van der Waals surface area contributed by atoms with Crippen LogP contribution < -0.4 is 24.8 Å². The molecular weight excluding hydrogens is 392 g/mol. The smallest absolute Gasteiger partial charge is 0.203 e. The van der Waals surface area contributed by atoms with Crippen LogP contribution >= 0.6 is 0 Å². The molecule has 0 aromatic heterocycles. The van der Waals surface area contributed by atoms with Crippen LogP contribution in [0.15, 0.2) is 41.4 Å². The molecule has 0 aliphatic carbocycles. The quantitative estimate of drug-likeness (QED) is 0.447. The molecule has 0 heterocycles. The summed E-state index contributed by atoms with van der Waals surface area (Å²) in [5, 5.41) is 6.80. The van der Waals surface area contributed by atoms with E-state index in [9.17, 15) is 0 Å². The lowest BCUT2D eigenvalue weighted by Crippen LogP contribution is -2.41. The highest BCUT2D eigenvalue weighted by molar-refractivity contribution is 5.79. The van der Waals surface area contributed by atoms with Crippen molar-refractivity contribution >= 4 is 5.96 Å². The van der Waals surface area contributed by atoms with Gasteiger partial charge in [0.05, 0.1) is 33.9 Å². The molecule has 1 unspecified atom stereocenters. The summed E-state index contributed by atoms with van der Waals surface area (Å²) in [6, 6.07) is 12.7. The largest absolute Gasteiger partial charge is 0.493 e. The molecule has 0 spiro atoms. The minimum atomic E-state index is 0.227. The number of hydrogen-bond acceptors (Lipinski definition) is 5. The number of benzene rings is 2. The third-order valence-corrected chi connectivity index (χ3v) is 5.04. The predicted octanol–water partition coefficient (Wildman–Crippen LogP) is 3.38. The average Bonchev–Trinajstić information content (AvgIpc) is 2.77. The molecule has 7 heteroatoms. The lowest BCUT2D eigenvalue weighted by atomic mass is 10.0. The van der Waals surface area contributed by atoms with E-state index in [2.05, 4.69) is 67.7 Å². The van der Waals surface area contributed by atoms with E-state index in [-0.39, 0.29) is 6.04 Å². The van der Waals surface area contributed by atoms with Crippen LogP contribution in [0.3, 0.4) is 0 Å². The van der Waals surface area contributed by atoms with Crippen LogP contribution in [0.2, 0.25) is 0 Å². The van der Waals surface area contributed by atoms with Crippen molar-refractivity contribution < 1.29 is 14.2 Å². The fourth-order valence-corrected chi connectivity index (χ4v) is 3.32. The fourth-order valence-electron chi connectivity index (χ4n) is 3.32. The number of nitrogens with one attached hydrogen (secondary N) is 2. The lowest BCUT2D eigenvalue weighted by Gasteiger charge is -2.26. The minimum absolute atomic E-state index is 0.227. The summed E-state index contributed by atoms with van der Waals surface area (Å²) in [6.45, 7) is 6.14. The van der Waals surface area contributed by atoms with Crippen LogP contribution in [0.25, 0.3) is 0 Å². The second-order valence-electron chi connectivity index (χ2n) is 7.50. The van der Waals surface area contributed by atoms with E-state index < -0.39 is 0 Å². The van der Waals surface area contributed by atoms with Crippen LogP contribution in [0.5, 0.6) is 17.2 Å². The van der Waals surface area contributed by atoms with Gasteiger partial charge in [-0.1, -0.05) is 29.8 Å². The number of likely N-dealkylation sites (N-methyl/N-ethyl adjacent to an activating group) is 1. The van der Waals surface area contributed by atoms with E-state index in [4.69, 9.17) is 19.2 Å². The van der Waals surface area contributed by atoms with Gasteiger partial charge in [0.2, 0.25) is 5.75 Å². The Hall–Kier alpha value is -2.93. The van der Waals surface area contributed by atoms with Gasteiger partial charge in [0.1, 0.15) is 0 Å². The van der Waals surface area contributed by atoms with Crippen molar-refractivity contribution in [2.24, 2.45) is 4.99 Å². The third-order valence-electron chi connectivity index (χ3n) is 5.04. The number of rotatable bonds is 10. The van der Waals surface area contributed by atoms with Gasteiger partial charge in [0.15, 0.2) is 17.5 Å². The maximum Gasteiger partial charge on any atom is 0.203 e. The first-order chi connectivity index (χ1) is 14.9. The van der Waals surface area contributed by atoms with Crippen molar-refractivity contribution in [3.8, 4) is 17.2 Å². The Balaban J connectivity index is 2.16. The van der Waals surface area contributed by atoms with Gasteiger partial charge < -0.3 is 29.7 Å². The molecule has 0 saturated heterocycles. The second kappa shape index (κ2) is 12.1. The molecule has 170 valence electrons. The molecule has 0 bridgehead atoms. The number of hydrogen-bond donors (Lipinski definition) is 2. The molecule has 0 radical (unpaired) electrons. The third kappa shape index (κ3) is 6.79. The summed E-state index contributed by atoms with van der Waals surface area (Å²) in [4.78, 5) is 6.96. The zero-order valence-electron chi connectivity index (χ0n) is 19.8. The van der Waals surface area contributed by atoms with E-state index in [1.165, 1.54) is 11.1 Å². The second-order valence-corrected chi connectivity index (χ2v) is 7.50. The van der Waals surface area contributed by atoms with Crippen LogP contribution in [-0.4, -0.2) is 59.4 Å². The van der Waals surface area contributed by atoms with Gasteiger partial charge in [0.25, 0.3) is 0 Å². The molecule has 0 amide bonds. The van der Waals surface area contributed by atoms with Gasteiger partial charge in [-0.2, -0.15) is 0 Å². The highest BCUT2D eigenvalue weighted by Gasteiger charge is 2.15. The van der Waals surface area contributed by atoms with E-state index in [1.54, 1.807) is 21.3 Å². The molecule has 0 aliphatic heterocycles. The van der Waals surface area contributed by atoms with Gasteiger partial charge in [-0.25, -0.2) is 4.99 Å². The zero-order valence-corrected chi connectivity index (χ0v) is 19.8. The summed E-state index contributed by atoms with van der Waals surface area (Å²) in [5.41, 5.74) is 3.49. The zero-order chi connectivity index (χ0) is 22.8. The highest BCUT2D eigenvalue weighted by Crippen LogP contribution is 2.38. The molecule has 2 N–H and O–H groups in total. The monoisotopic (exact) mass is 428 g/mol. The van der Waals surface area contributed by atoms with Crippen LogP contribution in [0.1, 0.15) is 29.7 Å². The van der Waals surface area contributed by atoms with Gasteiger partial charge in [-0.3, -0.25) is 0 Å². The summed E-state index contributed by atoms with van der Waals surface area (Å²) in [6.07, 6.45) is 0. The number of aryl methyl sites for hydroxylation is 1. The van der Waals surface area contributed by atoms with Crippen molar-refractivity contribution in [3.63, 3.8) is 0 Å². The van der Waals surface area contributed by atoms with Crippen molar-refractivity contribution in [2.45, 2.75) is 26.4 Å². The van der Waals surface area contributed by atoms with Crippen LogP contribution in [0, 0.1) is 6.92 Å². The Kier molecular flexibility index (Phi) is 9.46. The minimum Gasteiger partial charge on any atom is -0.493 e. The van der Waals surface area contributed by atoms with Crippen molar-refractivity contribution in [3.05, 3.63) is 53.1 Å².